The number of hydrogen-bond acceptors (Lipinski definition) is 2. The summed E-state index contributed by atoms with van der Waals surface area (Å²) in [5.74, 6) is 0. The molecule has 1 heterocycles. The smallest absolute Gasteiger partial charge is 0.0455 e. The Morgan fingerprint density at radius 2 is 1.92 bits per heavy atom. The Bertz CT molecular complexity index is 876. The van der Waals surface area contributed by atoms with Crippen molar-refractivity contribution in [3.05, 3.63) is 83.1 Å². The fourth-order valence-corrected chi connectivity index (χ4v) is 4.13. The number of anilines is 1. The van der Waals surface area contributed by atoms with Gasteiger partial charge in [-0.05, 0) is 41.3 Å². The third-order valence-electron chi connectivity index (χ3n) is 4.82. The standard InChI is InChI=1S/C23H25NS/c1-4-15-23(2,16-7-10-19-11-8-17-25-19)21-14-13-18-9-5-6-12-20(18)22(21)24-3/h4-14,17,24H,1,15-16H2,2-3H3/b10-7+. The lowest BCUT2D eigenvalue weighted by Crippen LogP contribution is -2.22. The Morgan fingerprint density at radius 3 is 2.64 bits per heavy atom. The third kappa shape index (κ3) is 3.69. The van der Waals surface area contributed by atoms with Gasteiger partial charge in [0.15, 0.2) is 0 Å². The quantitative estimate of drug-likeness (QED) is 0.459. The van der Waals surface area contributed by atoms with Crippen LogP contribution in [0.2, 0.25) is 0 Å². The molecule has 1 atom stereocenters. The molecule has 0 aliphatic rings. The van der Waals surface area contributed by atoms with Crippen molar-refractivity contribution in [2.24, 2.45) is 0 Å². The maximum atomic E-state index is 4.00. The van der Waals surface area contributed by atoms with Crippen molar-refractivity contribution in [2.45, 2.75) is 25.2 Å². The Labute approximate surface area is 154 Å². The molecule has 25 heavy (non-hydrogen) atoms. The zero-order valence-electron chi connectivity index (χ0n) is 15.0. The molecule has 0 fully saturated rings. The van der Waals surface area contributed by atoms with Gasteiger partial charge in [0, 0.05) is 28.4 Å². The van der Waals surface area contributed by atoms with E-state index in [1.54, 1.807) is 11.3 Å². The van der Waals surface area contributed by atoms with E-state index < -0.39 is 0 Å². The van der Waals surface area contributed by atoms with Crippen LogP contribution in [-0.4, -0.2) is 7.05 Å². The van der Waals surface area contributed by atoms with Crippen LogP contribution in [0.25, 0.3) is 16.8 Å². The van der Waals surface area contributed by atoms with Crippen molar-refractivity contribution in [1.29, 1.82) is 0 Å². The molecule has 3 rings (SSSR count). The zero-order valence-corrected chi connectivity index (χ0v) is 15.8. The summed E-state index contributed by atoms with van der Waals surface area (Å²) in [4.78, 5) is 1.30. The van der Waals surface area contributed by atoms with Gasteiger partial charge in [-0.25, -0.2) is 0 Å². The van der Waals surface area contributed by atoms with Crippen molar-refractivity contribution in [2.75, 3.05) is 12.4 Å². The zero-order chi connectivity index (χ0) is 17.7. The lowest BCUT2D eigenvalue weighted by atomic mass is 9.75. The van der Waals surface area contributed by atoms with Gasteiger partial charge in [-0.15, -0.1) is 17.9 Å². The number of nitrogens with one attached hydrogen (secondary N) is 1. The fraction of sp³-hybridized carbons (Fsp3) is 0.217. The third-order valence-corrected chi connectivity index (χ3v) is 5.66. The number of hydrogen-bond donors (Lipinski definition) is 1. The summed E-state index contributed by atoms with van der Waals surface area (Å²) >= 11 is 1.77. The van der Waals surface area contributed by atoms with Crippen LogP contribution in [-0.2, 0) is 5.41 Å². The maximum absolute atomic E-state index is 4.00. The summed E-state index contributed by atoms with van der Waals surface area (Å²) in [5, 5.41) is 8.11. The van der Waals surface area contributed by atoms with Gasteiger partial charge in [-0.1, -0.05) is 61.5 Å². The first-order chi connectivity index (χ1) is 12.2. The molecule has 1 aromatic heterocycles. The second-order valence-corrected chi connectivity index (χ2v) is 7.61. The average Bonchev–Trinajstić information content (AvgIpc) is 3.14. The van der Waals surface area contributed by atoms with Crippen LogP contribution in [0.3, 0.4) is 0 Å². The normalized spacial score (nSPS) is 13.8. The van der Waals surface area contributed by atoms with E-state index in [4.69, 9.17) is 0 Å². The van der Waals surface area contributed by atoms with Crippen LogP contribution in [0.1, 0.15) is 30.2 Å². The highest BCUT2D eigenvalue weighted by molar-refractivity contribution is 7.10. The Morgan fingerprint density at radius 1 is 1.08 bits per heavy atom. The van der Waals surface area contributed by atoms with Crippen molar-refractivity contribution in [3.63, 3.8) is 0 Å². The molecular weight excluding hydrogens is 322 g/mol. The molecule has 0 radical (unpaired) electrons. The van der Waals surface area contributed by atoms with Crippen LogP contribution < -0.4 is 5.32 Å². The predicted octanol–water partition coefficient (Wildman–Crippen LogP) is 6.88. The van der Waals surface area contributed by atoms with Gasteiger partial charge in [0.2, 0.25) is 0 Å². The Kier molecular flexibility index (Phi) is 5.40. The molecule has 0 spiro atoms. The molecule has 0 saturated heterocycles. The van der Waals surface area contributed by atoms with Gasteiger partial charge in [0.1, 0.15) is 0 Å². The number of rotatable bonds is 7. The summed E-state index contributed by atoms with van der Waals surface area (Å²) in [6.45, 7) is 6.34. The number of thiophene rings is 1. The lowest BCUT2D eigenvalue weighted by molar-refractivity contribution is 0.488. The van der Waals surface area contributed by atoms with Gasteiger partial charge in [-0.2, -0.15) is 0 Å². The maximum Gasteiger partial charge on any atom is 0.0455 e. The predicted molar refractivity (Wildman–Crippen MR) is 114 cm³/mol. The SMILES string of the molecule is C=CCC(C)(C/C=C/c1cccs1)c1ccc2ccccc2c1NC. The molecule has 0 saturated carbocycles. The highest BCUT2D eigenvalue weighted by Crippen LogP contribution is 2.40. The van der Waals surface area contributed by atoms with Crippen LogP contribution >= 0.6 is 11.3 Å². The van der Waals surface area contributed by atoms with Gasteiger partial charge in [0.25, 0.3) is 0 Å². The van der Waals surface area contributed by atoms with Gasteiger partial charge in [0.05, 0.1) is 0 Å². The summed E-state index contributed by atoms with van der Waals surface area (Å²) in [6.07, 6.45) is 8.47. The van der Waals surface area contributed by atoms with Crippen molar-refractivity contribution in [3.8, 4) is 0 Å². The van der Waals surface area contributed by atoms with Crippen molar-refractivity contribution < 1.29 is 0 Å². The van der Waals surface area contributed by atoms with Crippen LogP contribution in [0.4, 0.5) is 5.69 Å². The molecule has 0 bridgehead atoms. The van der Waals surface area contributed by atoms with Gasteiger partial charge < -0.3 is 5.32 Å². The minimum atomic E-state index is 0.0118. The summed E-state index contributed by atoms with van der Waals surface area (Å²) in [6, 6.07) is 17.3. The first-order valence-corrected chi connectivity index (χ1v) is 9.57. The lowest BCUT2D eigenvalue weighted by Gasteiger charge is -2.31. The fourth-order valence-electron chi connectivity index (χ4n) is 3.49. The highest BCUT2D eigenvalue weighted by atomic mass is 32.1. The molecule has 0 aliphatic heterocycles. The summed E-state index contributed by atoms with van der Waals surface area (Å²) in [7, 11) is 2.01. The van der Waals surface area contributed by atoms with E-state index in [2.05, 4.69) is 84.9 Å². The molecule has 1 nitrogen and oxygen atoms in total. The van der Waals surface area contributed by atoms with Crippen LogP contribution in [0.5, 0.6) is 0 Å². The van der Waals surface area contributed by atoms with Gasteiger partial charge in [-0.3, -0.25) is 0 Å². The van der Waals surface area contributed by atoms with E-state index >= 15 is 0 Å². The van der Waals surface area contributed by atoms with E-state index in [-0.39, 0.29) is 5.41 Å². The molecule has 128 valence electrons. The number of benzene rings is 2. The summed E-state index contributed by atoms with van der Waals surface area (Å²) in [5.41, 5.74) is 2.59. The molecular formula is C23H25NS. The number of fused-ring (bicyclic) bond motifs is 1. The minimum absolute atomic E-state index is 0.0118. The second-order valence-electron chi connectivity index (χ2n) is 6.63. The largest absolute Gasteiger partial charge is 0.387 e. The van der Waals surface area contributed by atoms with E-state index in [0.29, 0.717) is 0 Å². The van der Waals surface area contributed by atoms with E-state index in [1.807, 2.05) is 13.1 Å². The van der Waals surface area contributed by atoms with Crippen molar-refractivity contribution in [1.82, 2.24) is 0 Å². The van der Waals surface area contributed by atoms with E-state index in [1.165, 1.54) is 26.9 Å². The first-order valence-electron chi connectivity index (χ1n) is 8.69. The molecule has 3 aromatic rings. The monoisotopic (exact) mass is 347 g/mol. The van der Waals surface area contributed by atoms with Crippen LogP contribution in [0, 0.1) is 0 Å². The van der Waals surface area contributed by atoms with E-state index in [9.17, 15) is 0 Å². The summed E-state index contributed by atoms with van der Waals surface area (Å²) < 4.78 is 0. The highest BCUT2D eigenvalue weighted by Gasteiger charge is 2.27. The minimum Gasteiger partial charge on any atom is -0.387 e. The Hall–Kier alpha value is -2.32. The molecule has 1 unspecified atom stereocenters. The van der Waals surface area contributed by atoms with Crippen LogP contribution in [0.15, 0.2) is 72.6 Å². The Balaban J connectivity index is 2.01. The topological polar surface area (TPSA) is 12.0 Å². The molecule has 0 aliphatic carbocycles. The van der Waals surface area contributed by atoms with Gasteiger partial charge >= 0.3 is 0 Å². The molecule has 2 heteroatoms. The molecule has 1 N–H and O–H groups in total. The van der Waals surface area contributed by atoms with Crippen molar-refractivity contribution >= 4 is 33.9 Å². The first kappa shape index (κ1) is 17.5. The second kappa shape index (κ2) is 7.71. The molecule has 2 aromatic carbocycles. The number of allylic oxidation sites excluding steroid dienone is 2. The average molecular weight is 348 g/mol. The van der Waals surface area contributed by atoms with E-state index in [0.717, 1.165) is 12.8 Å². The molecule has 0 amide bonds.